The quantitative estimate of drug-likeness (QED) is 0.201. The van der Waals surface area contributed by atoms with Gasteiger partial charge in [0.05, 0.1) is 16.1 Å². The third kappa shape index (κ3) is 6.32. The molecule has 3 aromatic carbocycles. The minimum atomic E-state index is -4.16. The zero-order valence-electron chi connectivity index (χ0n) is 20.4. The van der Waals surface area contributed by atoms with Gasteiger partial charge in [0.1, 0.15) is 4.90 Å². The van der Waals surface area contributed by atoms with E-state index in [-0.39, 0.29) is 14.0 Å². The molecule has 0 aliphatic heterocycles. The van der Waals surface area contributed by atoms with Gasteiger partial charge in [-0.2, -0.15) is 0 Å². The Labute approximate surface area is 226 Å². The standard InChI is InChI=1S/C28H27NO6S3/c30-27(31)24-17-9-7-12-21(24)11-3-1-4-13-22-14-8-10-18-25(22)29-38(34,35)28-26(19-20-36-28)37(32,33)23-15-5-2-6-16-23/h2,5-10,12,14-20,29H,1,3-4,11,13H2,(H,30,31). The highest BCUT2D eigenvalue weighted by Gasteiger charge is 2.30. The summed E-state index contributed by atoms with van der Waals surface area (Å²) in [7, 11) is -8.17. The number of carboxylic acids is 1. The van der Waals surface area contributed by atoms with Crippen molar-refractivity contribution in [1.29, 1.82) is 0 Å². The van der Waals surface area contributed by atoms with E-state index in [1.165, 1.54) is 23.6 Å². The highest BCUT2D eigenvalue weighted by molar-refractivity contribution is 7.96. The molecule has 7 nitrogen and oxygen atoms in total. The van der Waals surface area contributed by atoms with Crippen molar-refractivity contribution in [3.05, 3.63) is 107 Å². The van der Waals surface area contributed by atoms with Crippen molar-refractivity contribution in [2.24, 2.45) is 0 Å². The Morgan fingerprint density at radius 3 is 2.05 bits per heavy atom. The normalized spacial score (nSPS) is 11.8. The highest BCUT2D eigenvalue weighted by Crippen LogP contribution is 2.33. The molecule has 0 saturated carbocycles. The van der Waals surface area contributed by atoms with Crippen molar-refractivity contribution < 1.29 is 26.7 Å². The smallest absolute Gasteiger partial charge is 0.335 e. The van der Waals surface area contributed by atoms with Crippen LogP contribution < -0.4 is 4.72 Å². The fraction of sp³-hybridized carbons (Fsp3) is 0.179. The van der Waals surface area contributed by atoms with Crippen LogP contribution in [0.1, 0.15) is 40.7 Å². The van der Waals surface area contributed by atoms with Gasteiger partial charge in [-0.05, 0) is 72.5 Å². The van der Waals surface area contributed by atoms with E-state index in [9.17, 15) is 26.7 Å². The van der Waals surface area contributed by atoms with E-state index in [2.05, 4.69) is 4.72 Å². The molecule has 0 radical (unpaired) electrons. The molecule has 4 rings (SSSR count). The van der Waals surface area contributed by atoms with E-state index < -0.39 is 25.8 Å². The van der Waals surface area contributed by atoms with Gasteiger partial charge in [-0.3, -0.25) is 4.72 Å². The number of rotatable bonds is 12. The van der Waals surface area contributed by atoms with Crippen molar-refractivity contribution in [2.45, 2.75) is 46.1 Å². The van der Waals surface area contributed by atoms with Crippen LogP contribution >= 0.6 is 11.3 Å². The second kappa shape index (κ2) is 11.9. The minimum absolute atomic E-state index is 0.0289. The summed E-state index contributed by atoms with van der Waals surface area (Å²) in [5, 5.41) is 10.8. The van der Waals surface area contributed by atoms with Crippen LogP contribution in [0.3, 0.4) is 0 Å². The van der Waals surface area contributed by atoms with E-state index in [4.69, 9.17) is 0 Å². The van der Waals surface area contributed by atoms with Gasteiger partial charge < -0.3 is 5.11 Å². The number of thiophene rings is 1. The van der Waals surface area contributed by atoms with Crippen molar-refractivity contribution in [2.75, 3.05) is 4.72 Å². The van der Waals surface area contributed by atoms with Gasteiger partial charge in [0, 0.05) is 0 Å². The monoisotopic (exact) mass is 569 g/mol. The summed E-state index contributed by atoms with van der Waals surface area (Å²) in [6, 6.07) is 23.1. The van der Waals surface area contributed by atoms with Gasteiger partial charge in [-0.1, -0.05) is 61.0 Å². The van der Waals surface area contributed by atoms with E-state index in [0.717, 1.165) is 41.7 Å². The number of carboxylic acid groups (broad SMARTS) is 1. The summed E-state index contributed by atoms with van der Waals surface area (Å²) in [6.45, 7) is 0. The molecule has 0 amide bonds. The first-order chi connectivity index (χ1) is 18.2. The Bertz CT molecular complexity index is 1630. The number of nitrogens with one attached hydrogen (secondary N) is 1. The summed E-state index contributed by atoms with van der Waals surface area (Å²) in [5.74, 6) is -0.938. The first kappa shape index (κ1) is 27.6. The van der Waals surface area contributed by atoms with E-state index in [1.54, 1.807) is 42.5 Å². The molecule has 1 aromatic heterocycles. The SMILES string of the molecule is O=C(O)c1ccccc1CCCCCc1ccccc1NS(=O)(=O)c1sccc1S(=O)(=O)c1ccccc1. The van der Waals surface area contributed by atoms with Crippen LogP contribution in [0.4, 0.5) is 5.69 Å². The third-order valence-electron chi connectivity index (χ3n) is 6.08. The molecule has 1 heterocycles. The summed E-state index contributed by atoms with van der Waals surface area (Å²) < 4.78 is 55.2. The second-order valence-corrected chi connectivity index (χ2v) is 13.4. The van der Waals surface area contributed by atoms with Gasteiger partial charge in [0.15, 0.2) is 4.21 Å². The Morgan fingerprint density at radius 1 is 0.737 bits per heavy atom. The lowest BCUT2D eigenvalue weighted by Crippen LogP contribution is -2.16. The number of sulfonamides is 1. The third-order valence-corrected chi connectivity index (χ3v) is 11.0. The van der Waals surface area contributed by atoms with Crippen molar-refractivity contribution >= 4 is 42.9 Å². The molecule has 0 aliphatic rings. The molecular weight excluding hydrogens is 543 g/mol. The topological polar surface area (TPSA) is 118 Å². The number of para-hydroxylation sites is 1. The molecule has 0 atom stereocenters. The van der Waals surface area contributed by atoms with Gasteiger partial charge in [-0.25, -0.2) is 21.6 Å². The Morgan fingerprint density at radius 2 is 1.34 bits per heavy atom. The molecule has 0 fully saturated rings. The molecule has 0 aliphatic carbocycles. The summed E-state index contributed by atoms with van der Waals surface area (Å²) in [5.41, 5.74) is 2.31. The van der Waals surface area contributed by atoms with Crippen molar-refractivity contribution in [3.63, 3.8) is 0 Å². The molecule has 4 aromatic rings. The van der Waals surface area contributed by atoms with Gasteiger partial charge in [0.2, 0.25) is 9.84 Å². The fourth-order valence-corrected chi connectivity index (χ4v) is 8.87. The molecule has 0 spiro atoms. The maximum atomic E-state index is 13.3. The fourth-order valence-electron chi connectivity index (χ4n) is 4.19. The Balaban J connectivity index is 1.44. The van der Waals surface area contributed by atoms with Crippen LogP contribution in [0.15, 0.2) is 104 Å². The van der Waals surface area contributed by atoms with Crippen molar-refractivity contribution in [3.8, 4) is 0 Å². The van der Waals surface area contributed by atoms with Crippen LogP contribution in [0.25, 0.3) is 0 Å². The summed E-state index contributed by atoms with van der Waals surface area (Å²) >= 11 is 0.857. The molecule has 2 N–H and O–H groups in total. The Kier molecular flexibility index (Phi) is 8.65. The average molecular weight is 570 g/mol. The average Bonchev–Trinajstić information content (AvgIpc) is 3.42. The lowest BCUT2D eigenvalue weighted by molar-refractivity contribution is 0.0695. The maximum absolute atomic E-state index is 13.3. The van der Waals surface area contributed by atoms with Crippen LogP contribution in [0.2, 0.25) is 0 Å². The number of carbonyl (C=O) groups is 1. The predicted octanol–water partition coefficient (Wildman–Crippen LogP) is 6.04. The zero-order valence-corrected chi connectivity index (χ0v) is 22.9. The van der Waals surface area contributed by atoms with Gasteiger partial charge >= 0.3 is 5.97 Å². The van der Waals surface area contributed by atoms with Crippen LogP contribution in [-0.2, 0) is 32.7 Å². The predicted molar refractivity (Wildman–Crippen MR) is 148 cm³/mol. The van der Waals surface area contributed by atoms with E-state index >= 15 is 0 Å². The lowest BCUT2D eigenvalue weighted by Gasteiger charge is -2.13. The number of sulfone groups is 1. The number of aryl methyl sites for hydroxylation is 2. The van der Waals surface area contributed by atoms with Gasteiger partial charge in [-0.15, -0.1) is 11.3 Å². The molecule has 0 saturated heterocycles. The minimum Gasteiger partial charge on any atom is -0.478 e. The van der Waals surface area contributed by atoms with E-state index in [1.807, 2.05) is 24.3 Å². The number of unbranched alkanes of at least 4 members (excludes halogenated alkanes) is 2. The molecule has 38 heavy (non-hydrogen) atoms. The maximum Gasteiger partial charge on any atom is 0.335 e. The summed E-state index contributed by atoms with van der Waals surface area (Å²) in [6.07, 6.45) is 3.67. The second-order valence-electron chi connectivity index (χ2n) is 8.67. The summed E-state index contributed by atoms with van der Waals surface area (Å²) in [4.78, 5) is 11.2. The number of benzene rings is 3. The first-order valence-corrected chi connectivity index (χ1v) is 15.8. The van der Waals surface area contributed by atoms with Crippen LogP contribution in [-0.4, -0.2) is 27.9 Å². The largest absolute Gasteiger partial charge is 0.478 e. The number of aromatic carboxylic acids is 1. The molecule has 0 unspecified atom stereocenters. The molecular formula is C28H27NO6S3. The van der Waals surface area contributed by atoms with Crippen LogP contribution in [0, 0.1) is 0 Å². The highest BCUT2D eigenvalue weighted by atomic mass is 32.2. The molecule has 198 valence electrons. The zero-order chi connectivity index (χ0) is 27.2. The van der Waals surface area contributed by atoms with Crippen molar-refractivity contribution in [1.82, 2.24) is 0 Å². The van der Waals surface area contributed by atoms with E-state index in [0.29, 0.717) is 24.1 Å². The molecule has 0 bridgehead atoms. The number of anilines is 1. The number of hydrogen-bond donors (Lipinski definition) is 2. The number of hydrogen-bond acceptors (Lipinski definition) is 6. The first-order valence-electron chi connectivity index (χ1n) is 12.0. The Hall–Kier alpha value is -3.47. The lowest BCUT2D eigenvalue weighted by atomic mass is 9.99. The molecule has 10 heteroatoms. The van der Waals surface area contributed by atoms with Crippen LogP contribution in [0.5, 0.6) is 0 Å². The van der Waals surface area contributed by atoms with Gasteiger partial charge in [0.25, 0.3) is 10.0 Å².